The van der Waals surface area contributed by atoms with E-state index in [9.17, 15) is 4.79 Å². The van der Waals surface area contributed by atoms with Crippen LogP contribution in [-0.4, -0.2) is 36.7 Å². The van der Waals surface area contributed by atoms with Crippen molar-refractivity contribution in [2.24, 2.45) is 5.92 Å². The molecule has 1 unspecified atom stereocenters. The predicted octanol–water partition coefficient (Wildman–Crippen LogP) is 5.47. The minimum absolute atomic E-state index is 0.00980. The van der Waals surface area contributed by atoms with Crippen LogP contribution in [0.4, 0.5) is 4.79 Å². The van der Waals surface area contributed by atoms with Gasteiger partial charge in [-0.05, 0) is 85.1 Å². The van der Waals surface area contributed by atoms with E-state index in [1.807, 2.05) is 12.1 Å². The fraction of sp³-hybridized carbons (Fsp3) is 0.435. The van der Waals surface area contributed by atoms with E-state index < -0.39 is 0 Å². The number of hydrogen-bond acceptors (Lipinski definition) is 3. The molecule has 3 aliphatic heterocycles. The van der Waals surface area contributed by atoms with Crippen LogP contribution >= 0.6 is 23.2 Å². The van der Waals surface area contributed by atoms with Crippen molar-refractivity contribution < 1.29 is 9.53 Å². The summed E-state index contributed by atoms with van der Waals surface area (Å²) in [6.07, 6.45) is 3.86. The molecule has 4 aliphatic rings. The highest BCUT2D eigenvalue weighted by Crippen LogP contribution is 2.36. The zero-order chi connectivity index (χ0) is 20.0. The number of carbonyl (C=O) groups is 1. The lowest BCUT2D eigenvalue weighted by Crippen LogP contribution is -2.52. The Balaban J connectivity index is 1.27. The van der Waals surface area contributed by atoms with Crippen molar-refractivity contribution in [3.8, 4) is 11.1 Å². The highest BCUT2D eigenvalue weighted by molar-refractivity contribution is 6.35. The summed E-state index contributed by atoms with van der Waals surface area (Å²) in [6, 6.07) is 11.9. The summed E-state index contributed by atoms with van der Waals surface area (Å²) in [5.41, 5.74) is 4.52. The van der Waals surface area contributed by atoms with E-state index in [4.69, 9.17) is 27.9 Å². The van der Waals surface area contributed by atoms with Gasteiger partial charge in [-0.2, -0.15) is 0 Å². The molecule has 4 nitrogen and oxygen atoms in total. The van der Waals surface area contributed by atoms with Crippen molar-refractivity contribution in [2.75, 3.05) is 19.6 Å². The average molecular weight is 431 g/mol. The quantitative estimate of drug-likeness (QED) is 0.701. The highest BCUT2D eigenvalue weighted by Gasteiger charge is 2.37. The topological polar surface area (TPSA) is 41.6 Å². The van der Waals surface area contributed by atoms with Gasteiger partial charge >= 0.3 is 6.09 Å². The number of hydrogen-bond donors (Lipinski definition) is 1. The Morgan fingerprint density at radius 2 is 1.76 bits per heavy atom. The van der Waals surface area contributed by atoms with Gasteiger partial charge in [-0.15, -0.1) is 0 Å². The molecule has 2 bridgehead atoms. The molecule has 3 fully saturated rings. The Bertz CT molecular complexity index is 920. The number of piperidine rings is 3. The van der Waals surface area contributed by atoms with Crippen LogP contribution in [0.3, 0.4) is 0 Å². The van der Waals surface area contributed by atoms with Gasteiger partial charge in [0.2, 0.25) is 0 Å². The van der Waals surface area contributed by atoms with Crippen LogP contribution in [-0.2, 0) is 11.2 Å². The van der Waals surface area contributed by atoms with Gasteiger partial charge in [0.15, 0.2) is 0 Å². The summed E-state index contributed by atoms with van der Waals surface area (Å²) in [6.45, 7) is 3.16. The van der Waals surface area contributed by atoms with Gasteiger partial charge in [0, 0.05) is 16.6 Å². The molecule has 0 aromatic heterocycles. The monoisotopic (exact) mass is 430 g/mol. The second-order valence-electron chi connectivity index (χ2n) is 8.39. The van der Waals surface area contributed by atoms with Crippen LogP contribution in [0.2, 0.25) is 10.0 Å². The number of carbonyl (C=O) groups excluding carboxylic acids is 1. The summed E-state index contributed by atoms with van der Waals surface area (Å²) in [4.78, 5) is 14.9. The first-order valence-electron chi connectivity index (χ1n) is 10.3. The van der Waals surface area contributed by atoms with Crippen LogP contribution in [0, 0.1) is 5.92 Å². The molecule has 3 saturated heterocycles. The number of alkyl carbamates (subject to hydrolysis) is 1. The molecular formula is C23H24Cl2N2O2. The molecule has 0 saturated carbocycles. The van der Waals surface area contributed by atoms with Gasteiger partial charge in [-0.25, -0.2) is 4.79 Å². The third-order valence-electron chi connectivity index (χ3n) is 6.56. The maximum absolute atomic E-state index is 12.5. The average Bonchev–Trinajstić information content (AvgIpc) is 3.10. The highest BCUT2D eigenvalue weighted by atomic mass is 35.5. The first-order valence-corrected chi connectivity index (χ1v) is 11.1. The number of ether oxygens (including phenoxy) is 1. The molecule has 3 heterocycles. The smallest absolute Gasteiger partial charge is 0.407 e. The number of nitrogens with zero attached hydrogens (tertiary/aromatic N) is 1. The van der Waals surface area contributed by atoms with Crippen molar-refractivity contribution >= 4 is 29.3 Å². The zero-order valence-electron chi connectivity index (χ0n) is 16.2. The lowest BCUT2D eigenvalue weighted by atomic mass is 9.86. The molecule has 29 heavy (non-hydrogen) atoms. The number of benzene rings is 2. The normalized spacial score (nSPS) is 27.5. The lowest BCUT2D eigenvalue weighted by molar-refractivity contribution is -0.0339. The second-order valence-corrected chi connectivity index (χ2v) is 9.26. The molecule has 0 radical (unpaired) electrons. The largest absolute Gasteiger partial charge is 0.445 e. The van der Waals surface area contributed by atoms with E-state index in [2.05, 4.69) is 28.4 Å². The Labute approximate surface area is 181 Å². The van der Waals surface area contributed by atoms with Crippen molar-refractivity contribution in [1.82, 2.24) is 10.2 Å². The number of nitrogens with one attached hydrogen (secondary N) is 1. The number of rotatable bonds is 3. The predicted molar refractivity (Wildman–Crippen MR) is 116 cm³/mol. The van der Waals surface area contributed by atoms with Crippen LogP contribution in [0.25, 0.3) is 11.1 Å². The molecule has 2 aromatic rings. The van der Waals surface area contributed by atoms with Crippen molar-refractivity contribution in [3.63, 3.8) is 0 Å². The molecule has 6 heteroatoms. The molecule has 1 N–H and O–H groups in total. The van der Waals surface area contributed by atoms with Crippen LogP contribution in [0.15, 0.2) is 36.4 Å². The van der Waals surface area contributed by atoms with E-state index in [1.54, 1.807) is 6.07 Å². The van der Waals surface area contributed by atoms with Crippen molar-refractivity contribution in [3.05, 3.63) is 57.6 Å². The third-order valence-corrected chi connectivity index (χ3v) is 7.00. The van der Waals surface area contributed by atoms with Crippen LogP contribution in [0.1, 0.15) is 36.4 Å². The van der Waals surface area contributed by atoms with Crippen molar-refractivity contribution in [2.45, 2.75) is 37.8 Å². The molecule has 6 rings (SSSR count). The molecule has 1 aliphatic carbocycles. The van der Waals surface area contributed by atoms with Gasteiger partial charge in [-0.1, -0.05) is 41.4 Å². The van der Waals surface area contributed by atoms with Crippen molar-refractivity contribution in [1.29, 1.82) is 0 Å². The summed E-state index contributed by atoms with van der Waals surface area (Å²) in [5, 5.41) is 4.35. The molecule has 1 amide bonds. The Morgan fingerprint density at radius 1 is 1.00 bits per heavy atom. The number of halogens is 2. The van der Waals surface area contributed by atoms with E-state index >= 15 is 0 Å². The van der Waals surface area contributed by atoms with E-state index in [0.29, 0.717) is 16.0 Å². The van der Waals surface area contributed by atoms with Gasteiger partial charge in [0.1, 0.15) is 6.10 Å². The Kier molecular flexibility index (Phi) is 5.19. The Morgan fingerprint density at radius 3 is 2.45 bits per heavy atom. The van der Waals surface area contributed by atoms with Gasteiger partial charge in [-0.3, -0.25) is 4.90 Å². The van der Waals surface area contributed by atoms with Gasteiger partial charge in [0.25, 0.3) is 0 Å². The maximum atomic E-state index is 12.5. The van der Waals surface area contributed by atoms with Gasteiger partial charge < -0.3 is 10.1 Å². The van der Waals surface area contributed by atoms with E-state index in [-0.39, 0.29) is 18.2 Å². The van der Waals surface area contributed by atoms with Gasteiger partial charge in [0.05, 0.1) is 6.04 Å². The number of fused-ring (bicyclic) bond motifs is 4. The zero-order valence-corrected chi connectivity index (χ0v) is 17.7. The molecular weight excluding hydrogens is 407 g/mol. The second kappa shape index (κ2) is 7.82. The van der Waals surface area contributed by atoms with Crippen LogP contribution in [0.5, 0.6) is 0 Å². The molecule has 2 atom stereocenters. The SMILES string of the molecule is O=C(NC1CCc2cc(-c3cc(Cl)cc(Cl)c3)ccc21)O[C@H]1CN2CCC1CC2. The fourth-order valence-corrected chi connectivity index (χ4v) is 5.55. The minimum atomic E-state index is -0.285. The lowest BCUT2D eigenvalue weighted by Gasteiger charge is -2.43. The summed E-state index contributed by atoms with van der Waals surface area (Å²) in [7, 11) is 0. The number of aryl methyl sites for hydroxylation is 1. The molecule has 2 aromatic carbocycles. The summed E-state index contributed by atoms with van der Waals surface area (Å²) in [5.74, 6) is 0.522. The first kappa shape index (κ1) is 19.2. The first-order chi connectivity index (χ1) is 14.0. The van der Waals surface area contributed by atoms with E-state index in [1.165, 1.54) is 11.1 Å². The molecule has 152 valence electrons. The van der Waals surface area contributed by atoms with Crippen LogP contribution < -0.4 is 5.32 Å². The summed E-state index contributed by atoms with van der Waals surface area (Å²) >= 11 is 12.3. The van der Waals surface area contributed by atoms with E-state index in [0.717, 1.165) is 56.4 Å². The minimum Gasteiger partial charge on any atom is -0.445 e. The fourth-order valence-electron chi connectivity index (χ4n) is 5.03. The maximum Gasteiger partial charge on any atom is 0.407 e. The molecule has 0 spiro atoms. The Hall–Kier alpha value is -1.75. The third kappa shape index (κ3) is 3.98. The number of amides is 1. The standard InChI is InChI=1S/C23H24Cl2N2O2/c24-18-10-17(11-19(25)12-18)15-1-3-20-16(9-15)2-4-21(20)26-23(28)29-22-13-27-7-5-14(22)6-8-27/h1,3,9-12,14,21-22H,2,4-8,13H2,(H,26,28)/t21?,22-/m0/s1. The summed E-state index contributed by atoms with van der Waals surface area (Å²) < 4.78 is 5.80.